The molecule has 0 saturated carbocycles. The zero-order chi connectivity index (χ0) is 66.1. The first-order chi connectivity index (χ1) is 41.8. The number of rotatable bonds is 30. The number of aliphatic hydroxyl groups is 2. The van der Waals surface area contributed by atoms with Crippen molar-refractivity contribution in [2.24, 2.45) is 11.5 Å². The second kappa shape index (κ2) is 43.5. The summed E-state index contributed by atoms with van der Waals surface area (Å²) in [5.74, 6) is -6.88. The predicted octanol–water partition coefficient (Wildman–Crippen LogP) is -3.88. The number of carbonyl (C=O) groups excluding carboxylic acids is 18. The Kier molecular flexibility index (Phi) is 38.1. The minimum atomic E-state index is -0.576. The second-order valence-corrected chi connectivity index (χ2v) is 18.6. The average molecular weight is 1280 g/mol. The molecule has 6 heterocycles. The van der Waals surface area contributed by atoms with Gasteiger partial charge < -0.3 is 41.8 Å². The van der Waals surface area contributed by atoms with Crippen molar-refractivity contribution in [2.75, 3.05) is 91.9 Å². The molecule has 0 bridgehead atoms. The third kappa shape index (κ3) is 31.4. The third-order valence-electron chi connectivity index (χ3n) is 11.2. The third-order valence-corrected chi connectivity index (χ3v) is 11.6. The van der Waals surface area contributed by atoms with Crippen molar-refractivity contribution in [1.29, 1.82) is 0 Å². The Morgan fingerprint density at radius 1 is 0.352 bits per heavy atom. The monoisotopic (exact) mass is 1280 g/mol. The van der Waals surface area contributed by atoms with Gasteiger partial charge in [0.2, 0.25) is 22.3 Å². The van der Waals surface area contributed by atoms with Gasteiger partial charge in [-0.1, -0.05) is 0 Å². The van der Waals surface area contributed by atoms with Crippen LogP contribution in [0, 0.1) is 0 Å². The Bertz CT molecular complexity index is 2380. The van der Waals surface area contributed by atoms with Crippen molar-refractivity contribution in [3.8, 4) is 0 Å². The summed E-state index contributed by atoms with van der Waals surface area (Å²) in [7, 11) is 0. The van der Waals surface area contributed by atoms with E-state index in [0.717, 1.165) is 97.5 Å². The van der Waals surface area contributed by atoms with E-state index in [1.807, 2.05) is 0 Å². The maximum Gasteiger partial charge on any atom is 0.307 e. The molecule has 6 aliphatic heterocycles. The molecule has 34 heteroatoms. The highest BCUT2D eigenvalue weighted by atomic mass is 35.5. The van der Waals surface area contributed by atoms with Crippen LogP contribution in [0.2, 0.25) is 0 Å². The number of halogens is 2. The summed E-state index contributed by atoms with van der Waals surface area (Å²) < 4.78 is 9.84. The number of hydrogen-bond donors (Lipinski definition) is 6. The quantitative estimate of drug-likeness (QED) is 0.0173. The van der Waals surface area contributed by atoms with Gasteiger partial charge in [-0.2, -0.15) is 0 Å². The highest BCUT2D eigenvalue weighted by Gasteiger charge is 2.28. The van der Waals surface area contributed by atoms with E-state index in [9.17, 15) is 86.3 Å². The first-order valence-electron chi connectivity index (χ1n) is 26.9. The normalized spacial score (nSPS) is 15.0. The van der Waals surface area contributed by atoms with E-state index < -0.39 is 93.3 Å². The van der Waals surface area contributed by atoms with Crippen molar-refractivity contribution < 1.29 is 106 Å². The van der Waals surface area contributed by atoms with Crippen molar-refractivity contribution >= 4 is 128 Å². The van der Waals surface area contributed by atoms with E-state index in [1.165, 1.54) is 24.3 Å². The zero-order valence-electron chi connectivity index (χ0n) is 47.6. The number of ether oxygens (including phenoxy) is 2. The first kappa shape index (κ1) is 76.9. The van der Waals surface area contributed by atoms with E-state index in [0.29, 0.717) is 25.9 Å². The van der Waals surface area contributed by atoms with Crippen LogP contribution in [0.1, 0.15) is 64.2 Å². The number of aliphatic hydroxyl groups excluding tert-OH is 2. The van der Waals surface area contributed by atoms with E-state index in [-0.39, 0.29) is 122 Å². The van der Waals surface area contributed by atoms with Crippen LogP contribution in [0.3, 0.4) is 0 Å². The summed E-state index contributed by atoms with van der Waals surface area (Å²) in [4.78, 5) is 207. The summed E-state index contributed by atoms with van der Waals surface area (Å²) in [5.41, 5.74) is 10.1. The molecule has 0 aliphatic carbocycles. The highest BCUT2D eigenvalue weighted by Crippen LogP contribution is 2.10. The fraction of sp³-hybridized carbons (Fsp3) is 0.444. The Morgan fingerprint density at radius 3 is 0.773 bits per heavy atom. The molecule has 0 unspecified atom stereocenters. The van der Waals surface area contributed by atoms with E-state index in [4.69, 9.17) is 54.4 Å². The molecular weight excluding hydrogens is 1210 g/mol. The Labute approximate surface area is 513 Å². The lowest BCUT2D eigenvalue weighted by atomic mass is 10.3. The van der Waals surface area contributed by atoms with Crippen LogP contribution in [-0.4, -0.2) is 237 Å². The van der Waals surface area contributed by atoms with Crippen LogP contribution >= 0.6 is 23.2 Å². The number of esters is 2. The molecule has 8 N–H and O–H groups in total. The number of amides is 14. The maximum atomic E-state index is 11.7. The Hall–Kier alpha value is -9.08. The highest BCUT2D eigenvalue weighted by molar-refractivity contribution is 6.63. The Balaban J connectivity index is 0.000000585. The molecule has 88 heavy (non-hydrogen) atoms. The fourth-order valence-corrected chi connectivity index (χ4v) is 6.80. The maximum absolute atomic E-state index is 11.7. The number of nitrogens with two attached hydrogens (primary N) is 2. The summed E-state index contributed by atoms with van der Waals surface area (Å²) in [6.45, 7) is 2.37. The molecule has 0 aromatic rings. The van der Waals surface area contributed by atoms with E-state index in [1.54, 1.807) is 0 Å². The minimum absolute atomic E-state index is 0.000710. The second-order valence-electron chi connectivity index (χ2n) is 17.8. The molecule has 0 radical (unpaired) electrons. The SMILES string of the molecule is NCCCN.O=C(CCN1C(=O)C=CC1=O)NCCCNC(=O)CCN1C(=O)C=CC1=O.O=C(CCN1C(=O)C=CC1=O)OCCCOC(=O)CCN1C(=O)C=CC1=O.O=C(Cl)CCN1C(=O)C=CC1=O.O=C(Cl)CCN1C(=O)C=CC1=O.OCCCO. The Morgan fingerprint density at radius 2 is 0.580 bits per heavy atom. The van der Waals surface area contributed by atoms with Gasteiger partial charge in [0.25, 0.3) is 70.9 Å². The van der Waals surface area contributed by atoms with Crippen LogP contribution < -0.4 is 22.1 Å². The molecule has 0 fully saturated rings. The van der Waals surface area contributed by atoms with Crippen LogP contribution in [-0.2, 0) is 95.8 Å². The number of imide groups is 6. The molecule has 0 atom stereocenters. The summed E-state index contributed by atoms with van der Waals surface area (Å²) in [5, 5.41) is 20.0. The van der Waals surface area contributed by atoms with Crippen molar-refractivity contribution in [3.05, 3.63) is 72.9 Å². The molecule has 0 saturated heterocycles. The van der Waals surface area contributed by atoms with Crippen LogP contribution in [0.4, 0.5) is 0 Å². The van der Waals surface area contributed by atoms with Gasteiger partial charge in [0, 0.05) is 171 Å². The van der Waals surface area contributed by atoms with E-state index >= 15 is 0 Å². The van der Waals surface area contributed by atoms with Crippen LogP contribution in [0.5, 0.6) is 0 Å². The number of nitrogens with one attached hydrogen (secondary N) is 2. The summed E-state index contributed by atoms with van der Waals surface area (Å²) >= 11 is 10.1. The van der Waals surface area contributed by atoms with Gasteiger partial charge >= 0.3 is 11.9 Å². The summed E-state index contributed by atoms with van der Waals surface area (Å²) in [6, 6.07) is 0. The van der Waals surface area contributed by atoms with Crippen molar-refractivity contribution in [3.63, 3.8) is 0 Å². The minimum Gasteiger partial charge on any atom is -0.465 e. The number of nitrogens with zero attached hydrogens (tertiary/aromatic N) is 6. The zero-order valence-corrected chi connectivity index (χ0v) is 49.1. The van der Waals surface area contributed by atoms with Crippen LogP contribution in [0.25, 0.3) is 0 Å². The lowest BCUT2D eigenvalue weighted by Gasteiger charge is -2.14. The smallest absolute Gasteiger partial charge is 0.307 e. The number of carbonyl (C=O) groups is 18. The molecule has 6 rings (SSSR count). The topological polar surface area (TPSA) is 462 Å². The van der Waals surface area contributed by atoms with E-state index in [2.05, 4.69) is 10.6 Å². The van der Waals surface area contributed by atoms with Gasteiger partial charge in [0.15, 0.2) is 0 Å². The van der Waals surface area contributed by atoms with Gasteiger partial charge in [0.05, 0.1) is 26.1 Å². The average Bonchev–Trinajstić information content (AvgIpc) is 4.55. The molecule has 14 amide bonds. The number of hydrogen-bond acceptors (Lipinski definition) is 24. The largest absolute Gasteiger partial charge is 0.465 e. The van der Waals surface area contributed by atoms with Crippen molar-refractivity contribution in [2.45, 2.75) is 64.2 Å². The van der Waals surface area contributed by atoms with Gasteiger partial charge in [0.1, 0.15) is 0 Å². The van der Waals surface area contributed by atoms with Crippen molar-refractivity contribution in [1.82, 2.24) is 40.0 Å². The fourth-order valence-electron chi connectivity index (χ4n) is 6.63. The molecule has 0 aromatic heterocycles. The summed E-state index contributed by atoms with van der Waals surface area (Å²) in [6.07, 6.45) is 15.8. The molecule has 0 aromatic carbocycles. The molecular formula is C54H68Cl2N10O22. The van der Waals surface area contributed by atoms with Gasteiger partial charge in [-0.3, -0.25) is 116 Å². The molecule has 0 spiro atoms. The first-order valence-corrected chi connectivity index (χ1v) is 27.6. The van der Waals surface area contributed by atoms with Gasteiger partial charge in [-0.15, -0.1) is 0 Å². The lowest BCUT2D eigenvalue weighted by Crippen LogP contribution is -2.36. The van der Waals surface area contributed by atoms with Gasteiger partial charge in [-0.05, 0) is 55.6 Å². The van der Waals surface area contributed by atoms with Crippen LogP contribution in [0.15, 0.2) is 72.9 Å². The predicted molar refractivity (Wildman–Crippen MR) is 303 cm³/mol. The molecule has 480 valence electrons. The van der Waals surface area contributed by atoms with Gasteiger partial charge in [-0.25, -0.2) is 0 Å². The molecule has 32 nitrogen and oxygen atoms in total. The molecule has 6 aliphatic rings. The lowest BCUT2D eigenvalue weighted by molar-refractivity contribution is -0.148. The standard InChI is InChI=1S/C17H20N4O6.C17H18N2O8.2C7H6ClNO3.C3H10N2.C3H8O2/c22-12(6-10-20-14(24)2-3-15(20)25)18-8-1-9-19-13(23)7-11-21-16(26)4-5-17(21)27;20-12-2-3-13(21)18(12)8-6-16(24)26-10-1-11-27-17(25)7-9-19-14(22)4-5-15(19)23;2*8-5(10)3-4-9-6(11)1-2-7(9)12;2*4-2-1-3-5/h2-5H,1,6-11H2,(H,18,22)(H,19,23);2-5H,1,6-11H2;2*1-2H,3-4H2;1-5H2;4-5H,1-3H2.